The zero-order valence-corrected chi connectivity index (χ0v) is 22.2. The molecule has 4 atom stereocenters. The van der Waals surface area contributed by atoms with Crippen LogP contribution in [0.2, 0.25) is 0 Å². The first-order chi connectivity index (χ1) is 17.8. The van der Waals surface area contributed by atoms with Crippen molar-refractivity contribution in [1.82, 2.24) is 0 Å². The lowest BCUT2D eigenvalue weighted by Crippen LogP contribution is -2.34. The SMILES string of the molecule is CCCCC[C@H](O)c1ccc(N2C(=O)CCC2CCCc2ccc(C(=O)OCC(O)C(O)CO)s2)cc1. The first-order valence-corrected chi connectivity index (χ1v) is 14.0. The summed E-state index contributed by atoms with van der Waals surface area (Å²) in [5, 5.41) is 38.2. The Labute approximate surface area is 222 Å². The molecule has 1 aliphatic heterocycles. The summed E-state index contributed by atoms with van der Waals surface area (Å²) < 4.78 is 5.02. The highest BCUT2D eigenvalue weighted by Gasteiger charge is 2.31. The zero-order chi connectivity index (χ0) is 26.8. The van der Waals surface area contributed by atoms with Crippen molar-refractivity contribution >= 4 is 28.9 Å². The second kappa shape index (κ2) is 14.6. The summed E-state index contributed by atoms with van der Waals surface area (Å²) in [6, 6.07) is 11.4. The van der Waals surface area contributed by atoms with Gasteiger partial charge in [0.1, 0.15) is 23.7 Å². The molecule has 0 saturated carbocycles. The predicted octanol–water partition coefficient (Wildman–Crippen LogP) is 3.75. The summed E-state index contributed by atoms with van der Waals surface area (Å²) >= 11 is 1.33. The number of anilines is 1. The van der Waals surface area contributed by atoms with Crippen molar-refractivity contribution in [3.05, 3.63) is 51.7 Å². The van der Waals surface area contributed by atoms with Crippen molar-refractivity contribution < 1.29 is 34.8 Å². The highest BCUT2D eigenvalue weighted by atomic mass is 32.1. The van der Waals surface area contributed by atoms with Crippen LogP contribution in [0.5, 0.6) is 0 Å². The molecule has 0 radical (unpaired) electrons. The van der Waals surface area contributed by atoms with E-state index in [-0.39, 0.29) is 11.9 Å². The number of nitrogens with zero attached hydrogens (tertiary/aromatic N) is 1. The largest absolute Gasteiger partial charge is 0.459 e. The average molecular weight is 534 g/mol. The van der Waals surface area contributed by atoms with Gasteiger partial charge in [0, 0.05) is 23.0 Å². The second-order valence-electron chi connectivity index (χ2n) is 9.63. The van der Waals surface area contributed by atoms with Crippen LogP contribution in [0.25, 0.3) is 0 Å². The van der Waals surface area contributed by atoms with Gasteiger partial charge in [-0.1, -0.05) is 38.3 Å². The molecule has 3 unspecified atom stereocenters. The lowest BCUT2D eigenvalue weighted by molar-refractivity contribution is -0.117. The Kier molecular flexibility index (Phi) is 11.5. The quantitative estimate of drug-likeness (QED) is 0.203. The minimum atomic E-state index is -1.35. The zero-order valence-electron chi connectivity index (χ0n) is 21.4. The van der Waals surface area contributed by atoms with E-state index in [0.717, 1.165) is 67.5 Å². The van der Waals surface area contributed by atoms with Crippen LogP contribution < -0.4 is 4.90 Å². The van der Waals surface area contributed by atoms with Crippen LogP contribution in [-0.4, -0.2) is 63.8 Å². The summed E-state index contributed by atoms with van der Waals surface area (Å²) in [7, 11) is 0. The van der Waals surface area contributed by atoms with Crippen LogP contribution in [0.4, 0.5) is 5.69 Å². The first kappa shape index (κ1) is 29.3. The molecule has 37 heavy (non-hydrogen) atoms. The van der Waals surface area contributed by atoms with E-state index < -0.39 is 37.5 Å². The molecule has 9 heteroatoms. The predicted molar refractivity (Wildman–Crippen MR) is 143 cm³/mol. The van der Waals surface area contributed by atoms with Gasteiger partial charge >= 0.3 is 5.97 Å². The number of thiophene rings is 1. The molecule has 2 heterocycles. The number of carbonyl (C=O) groups is 2. The van der Waals surface area contributed by atoms with Gasteiger partial charge in [-0.15, -0.1) is 11.3 Å². The minimum absolute atomic E-state index is 0.121. The van der Waals surface area contributed by atoms with Gasteiger partial charge in [-0.05, 0) is 61.9 Å². The summed E-state index contributed by atoms with van der Waals surface area (Å²) in [4.78, 5) is 28.2. The number of rotatable bonds is 15. The van der Waals surface area contributed by atoms with E-state index in [4.69, 9.17) is 9.84 Å². The summed E-state index contributed by atoms with van der Waals surface area (Å²) in [5.41, 5.74) is 1.75. The molecule has 4 N–H and O–H groups in total. The fraction of sp³-hybridized carbons (Fsp3) is 0.571. The molecule has 2 aromatic rings. The Morgan fingerprint density at radius 3 is 2.54 bits per heavy atom. The molecule has 1 fully saturated rings. The molecule has 1 aromatic heterocycles. The van der Waals surface area contributed by atoms with E-state index in [0.29, 0.717) is 11.3 Å². The van der Waals surface area contributed by atoms with E-state index in [1.807, 2.05) is 35.2 Å². The Balaban J connectivity index is 1.49. The molecule has 1 aliphatic rings. The molecule has 1 saturated heterocycles. The standard InChI is InChI=1S/C28H39NO7S/c1-2-3-4-8-23(31)19-9-11-21(12-10-19)29-20(13-16-27(29)34)6-5-7-22-14-15-26(37-22)28(35)36-18-25(33)24(32)17-30/h9-12,14-15,20,23-25,30-33H,2-8,13,16-18H2,1H3/t20?,23-,24?,25?/m0/s1. The number of hydrogen-bond donors (Lipinski definition) is 4. The summed E-state index contributed by atoms with van der Waals surface area (Å²) in [6.07, 6.45) is 4.61. The molecule has 8 nitrogen and oxygen atoms in total. The second-order valence-corrected chi connectivity index (χ2v) is 10.8. The maximum atomic E-state index is 12.6. The number of benzene rings is 1. The minimum Gasteiger partial charge on any atom is -0.459 e. The molecular weight excluding hydrogens is 494 g/mol. The molecule has 1 aromatic carbocycles. The van der Waals surface area contributed by atoms with E-state index in [9.17, 15) is 24.9 Å². The van der Waals surface area contributed by atoms with Crippen molar-refractivity contribution in [2.45, 2.75) is 89.1 Å². The summed E-state index contributed by atoms with van der Waals surface area (Å²) in [5.74, 6) is -0.456. The van der Waals surface area contributed by atoms with Crippen LogP contribution in [-0.2, 0) is 16.0 Å². The van der Waals surface area contributed by atoms with Gasteiger partial charge in [0.05, 0.1) is 12.7 Å². The third kappa shape index (κ3) is 8.35. The number of carbonyl (C=O) groups excluding carboxylic acids is 2. The van der Waals surface area contributed by atoms with E-state index >= 15 is 0 Å². The maximum absolute atomic E-state index is 12.6. The monoisotopic (exact) mass is 533 g/mol. The molecule has 0 spiro atoms. The maximum Gasteiger partial charge on any atom is 0.348 e. The van der Waals surface area contributed by atoms with Gasteiger partial charge in [0.2, 0.25) is 5.91 Å². The lowest BCUT2D eigenvalue weighted by atomic mass is 10.0. The average Bonchev–Trinajstić information content (AvgIpc) is 3.53. The van der Waals surface area contributed by atoms with Crippen LogP contribution in [0, 0.1) is 0 Å². The van der Waals surface area contributed by atoms with Gasteiger partial charge in [-0.3, -0.25) is 4.79 Å². The van der Waals surface area contributed by atoms with E-state index in [1.54, 1.807) is 6.07 Å². The van der Waals surface area contributed by atoms with Crippen molar-refractivity contribution in [2.24, 2.45) is 0 Å². The fourth-order valence-corrected chi connectivity index (χ4v) is 5.53. The van der Waals surface area contributed by atoms with Gasteiger partial charge in [0.25, 0.3) is 0 Å². The molecule has 3 rings (SSSR count). The van der Waals surface area contributed by atoms with Gasteiger partial charge in [0.15, 0.2) is 0 Å². The number of esters is 1. The van der Waals surface area contributed by atoms with Crippen LogP contribution >= 0.6 is 11.3 Å². The number of aliphatic hydroxyl groups is 4. The molecule has 204 valence electrons. The highest BCUT2D eigenvalue weighted by molar-refractivity contribution is 7.13. The first-order valence-electron chi connectivity index (χ1n) is 13.2. The van der Waals surface area contributed by atoms with Crippen LogP contribution in [0.3, 0.4) is 0 Å². The van der Waals surface area contributed by atoms with Crippen LogP contribution in [0.15, 0.2) is 36.4 Å². The topological polar surface area (TPSA) is 128 Å². The lowest BCUT2D eigenvalue weighted by Gasteiger charge is -2.25. The molecular formula is C28H39NO7S. The van der Waals surface area contributed by atoms with Gasteiger partial charge in [-0.25, -0.2) is 4.79 Å². The molecule has 1 amide bonds. The number of hydrogen-bond acceptors (Lipinski definition) is 8. The normalized spacial score (nSPS) is 18.1. The Morgan fingerprint density at radius 2 is 1.84 bits per heavy atom. The number of amides is 1. The van der Waals surface area contributed by atoms with E-state index in [2.05, 4.69) is 6.92 Å². The number of unbranched alkanes of at least 4 members (excludes halogenated alkanes) is 2. The number of ether oxygens (including phenoxy) is 1. The Bertz CT molecular complexity index is 993. The highest BCUT2D eigenvalue weighted by Crippen LogP contribution is 2.31. The van der Waals surface area contributed by atoms with E-state index in [1.165, 1.54) is 11.3 Å². The van der Waals surface area contributed by atoms with Gasteiger partial charge in [-0.2, -0.15) is 0 Å². The van der Waals surface area contributed by atoms with Crippen LogP contribution in [0.1, 0.15) is 84.5 Å². The molecule has 0 bridgehead atoms. The summed E-state index contributed by atoms with van der Waals surface area (Å²) in [6.45, 7) is 1.14. The fourth-order valence-electron chi connectivity index (χ4n) is 4.58. The number of aryl methyl sites for hydroxylation is 1. The Morgan fingerprint density at radius 1 is 1.08 bits per heavy atom. The van der Waals surface area contributed by atoms with Crippen molar-refractivity contribution in [3.63, 3.8) is 0 Å². The molecule has 0 aliphatic carbocycles. The number of aliphatic hydroxyl groups excluding tert-OH is 4. The van der Waals surface area contributed by atoms with Gasteiger partial charge < -0.3 is 30.1 Å². The van der Waals surface area contributed by atoms with Crippen molar-refractivity contribution in [3.8, 4) is 0 Å². The third-order valence-electron chi connectivity index (χ3n) is 6.80. The Hall–Kier alpha value is -2.30. The third-order valence-corrected chi connectivity index (χ3v) is 7.93. The smallest absolute Gasteiger partial charge is 0.348 e. The van der Waals surface area contributed by atoms with Crippen molar-refractivity contribution in [2.75, 3.05) is 18.1 Å². The van der Waals surface area contributed by atoms with Crippen molar-refractivity contribution in [1.29, 1.82) is 0 Å².